The Hall–Kier alpha value is -1.64. The number of benzene rings is 1. The zero-order chi connectivity index (χ0) is 14.6. The van der Waals surface area contributed by atoms with Crippen LogP contribution in [-0.2, 0) is 9.53 Å². The molecule has 0 bridgehead atoms. The summed E-state index contributed by atoms with van der Waals surface area (Å²) < 4.78 is 5.00. The van der Waals surface area contributed by atoms with Gasteiger partial charge in [0.2, 0.25) is 0 Å². The Balaban J connectivity index is 2.44. The molecule has 108 valence electrons. The van der Waals surface area contributed by atoms with E-state index in [0.717, 1.165) is 25.7 Å². The van der Waals surface area contributed by atoms with Gasteiger partial charge in [0.1, 0.15) is 5.41 Å². The Labute approximate surface area is 120 Å². The van der Waals surface area contributed by atoms with Crippen LogP contribution in [0.25, 0.3) is 0 Å². The first-order chi connectivity index (χ1) is 9.66. The molecule has 0 aliphatic heterocycles. The summed E-state index contributed by atoms with van der Waals surface area (Å²) in [7, 11) is 1.37. The third-order valence-electron chi connectivity index (χ3n) is 4.60. The number of carbonyl (C=O) groups is 2. The Morgan fingerprint density at radius 2 is 1.80 bits per heavy atom. The monoisotopic (exact) mass is 274 g/mol. The maximum Gasteiger partial charge on any atom is 0.320 e. The normalized spacial score (nSPS) is 18.5. The van der Waals surface area contributed by atoms with E-state index in [0.29, 0.717) is 12.0 Å². The summed E-state index contributed by atoms with van der Waals surface area (Å²) >= 11 is 0. The first kappa shape index (κ1) is 14.8. The standard InChI is InChI=1S/C17H22O3/c1-3-17(16(19)20-2,14-11-7-8-12-14)15(18)13-9-5-4-6-10-13/h4-6,9-10,14H,3,7-8,11-12H2,1-2H3. The van der Waals surface area contributed by atoms with Gasteiger partial charge in [0.05, 0.1) is 7.11 Å². The van der Waals surface area contributed by atoms with Crippen molar-refractivity contribution in [1.29, 1.82) is 0 Å². The highest BCUT2D eigenvalue weighted by atomic mass is 16.5. The highest BCUT2D eigenvalue weighted by molar-refractivity contribution is 6.12. The minimum absolute atomic E-state index is 0.0839. The number of esters is 1. The fourth-order valence-corrected chi connectivity index (χ4v) is 3.49. The van der Waals surface area contributed by atoms with Gasteiger partial charge in [-0.05, 0) is 25.2 Å². The van der Waals surface area contributed by atoms with E-state index in [9.17, 15) is 9.59 Å². The molecule has 1 aromatic rings. The first-order valence-corrected chi connectivity index (χ1v) is 7.35. The minimum atomic E-state index is -1.01. The summed E-state index contributed by atoms with van der Waals surface area (Å²) in [6, 6.07) is 9.10. The lowest BCUT2D eigenvalue weighted by atomic mass is 9.67. The van der Waals surface area contributed by atoms with Crippen LogP contribution >= 0.6 is 0 Å². The van der Waals surface area contributed by atoms with Gasteiger partial charge in [-0.3, -0.25) is 9.59 Å². The fourth-order valence-electron chi connectivity index (χ4n) is 3.49. The van der Waals surface area contributed by atoms with E-state index in [4.69, 9.17) is 4.74 Å². The van der Waals surface area contributed by atoms with E-state index in [1.807, 2.05) is 25.1 Å². The smallest absolute Gasteiger partial charge is 0.320 e. The summed E-state index contributed by atoms with van der Waals surface area (Å²) in [5.41, 5.74) is -0.404. The Bertz CT molecular complexity index is 474. The van der Waals surface area contributed by atoms with Crippen molar-refractivity contribution in [3.05, 3.63) is 35.9 Å². The van der Waals surface area contributed by atoms with Crippen molar-refractivity contribution in [3.63, 3.8) is 0 Å². The highest BCUT2D eigenvalue weighted by Crippen LogP contribution is 2.45. The molecule has 1 unspecified atom stereocenters. The Morgan fingerprint density at radius 3 is 2.30 bits per heavy atom. The van der Waals surface area contributed by atoms with Crippen LogP contribution in [0, 0.1) is 11.3 Å². The SMILES string of the molecule is CCC(C(=O)OC)(C(=O)c1ccccc1)C1CCCC1. The van der Waals surface area contributed by atoms with Gasteiger partial charge >= 0.3 is 5.97 Å². The van der Waals surface area contributed by atoms with E-state index in [1.165, 1.54) is 7.11 Å². The van der Waals surface area contributed by atoms with Gasteiger partial charge in [-0.25, -0.2) is 0 Å². The Morgan fingerprint density at radius 1 is 1.20 bits per heavy atom. The molecule has 2 rings (SSSR count). The molecule has 0 amide bonds. The molecule has 1 aliphatic rings. The molecule has 3 heteroatoms. The maximum absolute atomic E-state index is 13.0. The van der Waals surface area contributed by atoms with E-state index < -0.39 is 5.41 Å². The summed E-state index contributed by atoms with van der Waals surface area (Å²) in [5.74, 6) is -0.354. The lowest BCUT2D eigenvalue weighted by Crippen LogP contribution is -2.45. The molecule has 1 aromatic carbocycles. The van der Waals surface area contributed by atoms with Crippen LogP contribution in [0.2, 0.25) is 0 Å². The van der Waals surface area contributed by atoms with Crippen LogP contribution in [0.4, 0.5) is 0 Å². The predicted molar refractivity (Wildman–Crippen MR) is 77.5 cm³/mol. The third kappa shape index (κ3) is 2.37. The summed E-state index contributed by atoms with van der Waals surface area (Å²) in [4.78, 5) is 25.4. The fraction of sp³-hybridized carbons (Fsp3) is 0.529. The number of Topliss-reactive ketones (excluding diaryl/α,β-unsaturated/α-hetero) is 1. The lowest BCUT2D eigenvalue weighted by molar-refractivity contribution is -0.152. The van der Waals surface area contributed by atoms with E-state index >= 15 is 0 Å². The maximum atomic E-state index is 13.0. The molecular formula is C17H22O3. The largest absolute Gasteiger partial charge is 0.468 e. The molecule has 0 heterocycles. The van der Waals surface area contributed by atoms with Crippen LogP contribution < -0.4 is 0 Å². The number of ketones is 1. The molecule has 1 aliphatic carbocycles. The lowest BCUT2D eigenvalue weighted by Gasteiger charge is -2.34. The van der Waals surface area contributed by atoms with E-state index in [1.54, 1.807) is 12.1 Å². The molecule has 1 atom stereocenters. The van der Waals surface area contributed by atoms with Crippen molar-refractivity contribution in [3.8, 4) is 0 Å². The summed E-state index contributed by atoms with van der Waals surface area (Å²) in [6.45, 7) is 1.91. The van der Waals surface area contributed by atoms with Crippen molar-refractivity contribution in [2.75, 3.05) is 7.11 Å². The van der Waals surface area contributed by atoms with Gasteiger partial charge < -0.3 is 4.74 Å². The molecule has 1 saturated carbocycles. The van der Waals surface area contributed by atoms with Gasteiger partial charge in [0.25, 0.3) is 0 Å². The predicted octanol–water partition coefficient (Wildman–Crippen LogP) is 3.63. The van der Waals surface area contributed by atoms with Crippen molar-refractivity contribution >= 4 is 11.8 Å². The summed E-state index contributed by atoms with van der Waals surface area (Å²) in [5, 5.41) is 0. The van der Waals surface area contributed by atoms with Gasteiger partial charge in [0, 0.05) is 5.56 Å². The van der Waals surface area contributed by atoms with Crippen LogP contribution in [-0.4, -0.2) is 18.9 Å². The average Bonchev–Trinajstić information content (AvgIpc) is 3.03. The van der Waals surface area contributed by atoms with E-state index in [-0.39, 0.29) is 17.7 Å². The Kier molecular flexibility index (Phi) is 4.58. The minimum Gasteiger partial charge on any atom is -0.468 e. The molecule has 0 radical (unpaired) electrons. The van der Waals surface area contributed by atoms with Gasteiger partial charge in [-0.1, -0.05) is 50.1 Å². The number of methoxy groups -OCH3 is 1. The molecule has 0 N–H and O–H groups in total. The zero-order valence-electron chi connectivity index (χ0n) is 12.2. The number of rotatable bonds is 5. The molecular weight excluding hydrogens is 252 g/mol. The van der Waals surface area contributed by atoms with E-state index in [2.05, 4.69) is 0 Å². The van der Waals surface area contributed by atoms with Crippen molar-refractivity contribution in [2.24, 2.45) is 11.3 Å². The van der Waals surface area contributed by atoms with Crippen LogP contribution in [0.3, 0.4) is 0 Å². The molecule has 20 heavy (non-hydrogen) atoms. The van der Waals surface area contributed by atoms with Crippen molar-refractivity contribution in [2.45, 2.75) is 39.0 Å². The number of hydrogen-bond donors (Lipinski definition) is 0. The highest BCUT2D eigenvalue weighted by Gasteiger charge is 2.52. The van der Waals surface area contributed by atoms with Crippen molar-refractivity contribution in [1.82, 2.24) is 0 Å². The number of hydrogen-bond acceptors (Lipinski definition) is 3. The first-order valence-electron chi connectivity index (χ1n) is 7.35. The number of carbonyl (C=O) groups excluding carboxylic acids is 2. The molecule has 3 nitrogen and oxygen atoms in total. The quantitative estimate of drug-likeness (QED) is 0.468. The summed E-state index contributed by atoms with van der Waals surface area (Å²) in [6.07, 6.45) is 4.54. The van der Waals surface area contributed by atoms with Gasteiger partial charge in [-0.2, -0.15) is 0 Å². The topological polar surface area (TPSA) is 43.4 Å². The van der Waals surface area contributed by atoms with Crippen LogP contribution in [0.5, 0.6) is 0 Å². The second-order valence-electron chi connectivity index (χ2n) is 5.49. The van der Waals surface area contributed by atoms with Crippen LogP contribution in [0.1, 0.15) is 49.4 Å². The number of ether oxygens (including phenoxy) is 1. The molecule has 1 fully saturated rings. The van der Waals surface area contributed by atoms with Gasteiger partial charge in [-0.15, -0.1) is 0 Å². The zero-order valence-corrected chi connectivity index (χ0v) is 12.2. The van der Waals surface area contributed by atoms with Crippen molar-refractivity contribution < 1.29 is 14.3 Å². The third-order valence-corrected chi connectivity index (χ3v) is 4.60. The van der Waals surface area contributed by atoms with Crippen LogP contribution in [0.15, 0.2) is 30.3 Å². The molecule has 0 aromatic heterocycles. The second kappa shape index (κ2) is 6.21. The second-order valence-corrected chi connectivity index (χ2v) is 5.49. The molecule has 0 saturated heterocycles. The van der Waals surface area contributed by atoms with Gasteiger partial charge in [0.15, 0.2) is 5.78 Å². The molecule has 0 spiro atoms. The average molecular weight is 274 g/mol.